The average molecular weight is 291 g/mol. The van der Waals surface area contributed by atoms with Crippen LogP contribution in [-0.4, -0.2) is 2.83 Å². The summed E-state index contributed by atoms with van der Waals surface area (Å²) in [5.41, 5.74) is 0. The van der Waals surface area contributed by atoms with Crippen molar-refractivity contribution < 1.29 is 0 Å². The maximum Gasteiger partial charge on any atom is 0.0690 e. The summed E-state index contributed by atoms with van der Waals surface area (Å²) in [4.78, 5) is 0. The molecule has 0 saturated heterocycles. The zero-order chi connectivity index (χ0) is 6.57. The van der Waals surface area contributed by atoms with E-state index < -0.39 is 0 Å². The van der Waals surface area contributed by atoms with Crippen LogP contribution in [0.25, 0.3) is 0 Å². The van der Waals surface area contributed by atoms with Crippen LogP contribution in [0.5, 0.6) is 0 Å². The Morgan fingerprint density at radius 1 is 1.38 bits per heavy atom. The van der Waals surface area contributed by atoms with Gasteiger partial charge in [0.2, 0.25) is 0 Å². The number of alkyl halides is 2. The van der Waals surface area contributed by atoms with Crippen LogP contribution in [0.4, 0.5) is 0 Å². The first-order chi connectivity index (χ1) is 3.72. The molecule has 0 saturated carbocycles. The molecule has 0 nitrogen and oxygen atoms in total. The molecule has 0 fully saturated rings. The van der Waals surface area contributed by atoms with Crippen molar-refractivity contribution in [3.63, 3.8) is 0 Å². The van der Waals surface area contributed by atoms with E-state index in [1.807, 2.05) is 0 Å². The van der Waals surface area contributed by atoms with E-state index in [9.17, 15) is 0 Å². The minimum absolute atomic E-state index is 0.662. The lowest BCUT2D eigenvalue weighted by molar-refractivity contribution is 0.548. The minimum Gasteiger partial charge on any atom is -0.0772 e. The van der Waals surface area contributed by atoms with Gasteiger partial charge in [0.15, 0.2) is 0 Å². The number of hydrogen-bond acceptors (Lipinski definition) is 0. The summed E-state index contributed by atoms with van der Waals surface area (Å²) in [6.07, 6.45) is 2.57. The summed E-state index contributed by atoms with van der Waals surface area (Å²) < 4.78 is 0.662. The van der Waals surface area contributed by atoms with E-state index in [2.05, 4.69) is 52.4 Å². The monoisotopic (exact) mass is 290 g/mol. The van der Waals surface area contributed by atoms with E-state index in [1.165, 1.54) is 12.8 Å². The molecule has 0 N–H and O–H groups in total. The van der Waals surface area contributed by atoms with Gasteiger partial charge < -0.3 is 0 Å². The molecule has 0 aliphatic rings. The van der Waals surface area contributed by atoms with Crippen molar-refractivity contribution in [1.29, 1.82) is 0 Å². The van der Waals surface area contributed by atoms with E-state index >= 15 is 0 Å². The van der Waals surface area contributed by atoms with Crippen LogP contribution >= 0.6 is 38.5 Å². The summed E-state index contributed by atoms with van der Waals surface area (Å²) in [5.74, 6) is 0.857. The summed E-state index contributed by atoms with van der Waals surface area (Å²) in [7, 11) is 0. The molecule has 1 unspecified atom stereocenters. The van der Waals surface area contributed by atoms with Crippen molar-refractivity contribution >= 4 is 38.5 Å². The summed E-state index contributed by atoms with van der Waals surface area (Å²) in [6, 6.07) is 0. The molecule has 0 aromatic rings. The SMILES string of the molecule is CCC(CC)C(Br)I. The molecule has 0 aliphatic heterocycles. The van der Waals surface area contributed by atoms with Gasteiger partial charge in [-0.05, 0) is 5.92 Å². The second-order valence-corrected chi connectivity index (χ2v) is 5.95. The molecule has 0 aromatic carbocycles. The Balaban J connectivity index is 3.35. The van der Waals surface area contributed by atoms with Crippen LogP contribution in [0.15, 0.2) is 0 Å². The van der Waals surface area contributed by atoms with E-state index in [0.717, 1.165) is 5.92 Å². The molecule has 1 atom stereocenters. The molecule has 50 valence electrons. The molecule has 2 heteroatoms. The van der Waals surface area contributed by atoms with Crippen molar-refractivity contribution in [2.24, 2.45) is 5.92 Å². The molecule has 0 bridgehead atoms. The first-order valence-corrected chi connectivity index (χ1v) is 5.16. The van der Waals surface area contributed by atoms with Crippen LogP contribution in [0.2, 0.25) is 0 Å². The first kappa shape index (κ1) is 9.21. The normalized spacial score (nSPS) is 14.6. The van der Waals surface area contributed by atoms with E-state index in [4.69, 9.17) is 0 Å². The fourth-order valence-corrected chi connectivity index (χ4v) is 2.41. The fourth-order valence-electron chi connectivity index (χ4n) is 0.645. The predicted molar refractivity (Wildman–Crippen MR) is 50.8 cm³/mol. The first-order valence-electron chi connectivity index (χ1n) is 3.00. The van der Waals surface area contributed by atoms with Crippen molar-refractivity contribution in [3.05, 3.63) is 0 Å². The van der Waals surface area contributed by atoms with Crippen molar-refractivity contribution in [3.8, 4) is 0 Å². The van der Waals surface area contributed by atoms with Gasteiger partial charge in [0.25, 0.3) is 0 Å². The third kappa shape index (κ3) is 3.28. The topological polar surface area (TPSA) is 0 Å². The van der Waals surface area contributed by atoms with Gasteiger partial charge in [-0.3, -0.25) is 0 Å². The largest absolute Gasteiger partial charge is 0.0772 e. The van der Waals surface area contributed by atoms with E-state index in [1.54, 1.807) is 0 Å². The molecule has 0 amide bonds. The zero-order valence-electron chi connectivity index (χ0n) is 5.32. The number of hydrogen-bond donors (Lipinski definition) is 0. The quantitative estimate of drug-likeness (QED) is 0.551. The molecular formula is C6H12BrI. The van der Waals surface area contributed by atoms with Crippen molar-refractivity contribution in [1.82, 2.24) is 0 Å². The maximum atomic E-state index is 3.55. The molecule has 0 rings (SSSR count). The number of halogens is 2. The van der Waals surface area contributed by atoms with E-state index in [-0.39, 0.29) is 0 Å². The second-order valence-electron chi connectivity index (χ2n) is 1.91. The highest BCUT2D eigenvalue weighted by atomic mass is 127. The standard InChI is InChI=1S/C6H12BrI/c1-3-5(4-2)6(7)8/h5-6H,3-4H2,1-2H3. The lowest BCUT2D eigenvalue weighted by Gasteiger charge is -2.12. The van der Waals surface area contributed by atoms with Gasteiger partial charge in [-0.25, -0.2) is 0 Å². The molecule has 0 aliphatic carbocycles. The van der Waals surface area contributed by atoms with Crippen LogP contribution in [-0.2, 0) is 0 Å². The Hall–Kier alpha value is 1.21. The number of rotatable bonds is 3. The molecule has 8 heavy (non-hydrogen) atoms. The van der Waals surface area contributed by atoms with Gasteiger partial charge in [0, 0.05) is 0 Å². The fraction of sp³-hybridized carbons (Fsp3) is 1.00. The Morgan fingerprint density at radius 3 is 1.75 bits per heavy atom. The predicted octanol–water partition coefficient (Wildman–Crippen LogP) is 3.58. The highest BCUT2D eigenvalue weighted by Gasteiger charge is 2.09. The molecule has 0 spiro atoms. The van der Waals surface area contributed by atoms with Crippen molar-refractivity contribution in [2.75, 3.05) is 0 Å². The van der Waals surface area contributed by atoms with Gasteiger partial charge in [0.05, 0.1) is 2.83 Å². The van der Waals surface area contributed by atoms with E-state index in [0.29, 0.717) is 2.83 Å². The lowest BCUT2D eigenvalue weighted by atomic mass is 10.1. The summed E-state index contributed by atoms with van der Waals surface area (Å²) in [5, 5.41) is 0. The van der Waals surface area contributed by atoms with Gasteiger partial charge in [-0.2, -0.15) is 0 Å². The maximum absolute atomic E-state index is 3.55. The second kappa shape index (κ2) is 5.03. The molecule has 0 aromatic heterocycles. The van der Waals surface area contributed by atoms with Crippen molar-refractivity contribution in [2.45, 2.75) is 29.5 Å². The van der Waals surface area contributed by atoms with Gasteiger partial charge >= 0.3 is 0 Å². The highest BCUT2D eigenvalue weighted by molar-refractivity contribution is 14.1. The smallest absolute Gasteiger partial charge is 0.0690 e. The zero-order valence-corrected chi connectivity index (χ0v) is 9.07. The molecule has 0 heterocycles. The highest BCUT2D eigenvalue weighted by Crippen LogP contribution is 2.25. The minimum atomic E-state index is 0.662. The van der Waals surface area contributed by atoms with Crippen LogP contribution in [0.3, 0.4) is 0 Å². The molecule has 0 radical (unpaired) electrons. The molecular weight excluding hydrogens is 279 g/mol. The van der Waals surface area contributed by atoms with Crippen LogP contribution < -0.4 is 0 Å². The summed E-state index contributed by atoms with van der Waals surface area (Å²) >= 11 is 5.97. The third-order valence-corrected chi connectivity index (χ3v) is 3.17. The Labute approximate surface area is 73.7 Å². The van der Waals surface area contributed by atoms with Gasteiger partial charge in [0.1, 0.15) is 0 Å². The van der Waals surface area contributed by atoms with Gasteiger partial charge in [-0.1, -0.05) is 65.2 Å². The Morgan fingerprint density at radius 2 is 1.75 bits per heavy atom. The van der Waals surface area contributed by atoms with Gasteiger partial charge in [-0.15, -0.1) is 0 Å². The van der Waals surface area contributed by atoms with Crippen LogP contribution in [0.1, 0.15) is 26.7 Å². The summed E-state index contributed by atoms with van der Waals surface area (Å²) in [6.45, 7) is 4.47. The average Bonchev–Trinajstić information content (AvgIpc) is 1.69. The Bertz CT molecular complexity index is 50.5. The van der Waals surface area contributed by atoms with Crippen LogP contribution in [0, 0.1) is 5.92 Å². The third-order valence-electron chi connectivity index (χ3n) is 1.41. The lowest BCUT2D eigenvalue weighted by Crippen LogP contribution is -2.04. The Kier molecular flexibility index (Phi) is 5.79.